The third-order valence-electron chi connectivity index (χ3n) is 3.54. The molecule has 2 amide bonds. The van der Waals surface area contributed by atoms with Gasteiger partial charge in [0, 0.05) is 13.1 Å². The Hall–Kier alpha value is -2.12. The van der Waals surface area contributed by atoms with Crippen molar-refractivity contribution in [3.05, 3.63) is 35.4 Å². The highest BCUT2D eigenvalue weighted by molar-refractivity contribution is 5.87. The van der Waals surface area contributed by atoms with Crippen LogP contribution in [0.3, 0.4) is 0 Å². The van der Waals surface area contributed by atoms with Crippen LogP contribution >= 0.6 is 0 Å². The second kappa shape index (κ2) is 7.77. The van der Waals surface area contributed by atoms with Gasteiger partial charge in [-0.15, -0.1) is 0 Å². The van der Waals surface area contributed by atoms with Gasteiger partial charge in [0.1, 0.15) is 0 Å². The van der Waals surface area contributed by atoms with Crippen LogP contribution in [-0.4, -0.2) is 47.6 Å². The highest BCUT2D eigenvalue weighted by Gasteiger charge is 2.24. The first-order valence-electron chi connectivity index (χ1n) is 7.18. The number of nitrogens with one attached hydrogen (secondary N) is 2. The number of hydrogen-bond donors (Lipinski definition) is 4. The van der Waals surface area contributed by atoms with Gasteiger partial charge in [-0.1, -0.05) is 12.1 Å². The molecule has 0 radical (unpaired) electrons. The number of aromatic carboxylic acids is 1. The molecule has 1 heterocycles. The Morgan fingerprint density at radius 2 is 1.82 bits per heavy atom. The van der Waals surface area contributed by atoms with E-state index in [-0.39, 0.29) is 30.4 Å². The molecule has 0 unspecified atom stereocenters. The highest BCUT2D eigenvalue weighted by Crippen LogP contribution is 2.18. The molecule has 0 bridgehead atoms. The van der Waals surface area contributed by atoms with Crippen molar-refractivity contribution < 1.29 is 24.5 Å². The van der Waals surface area contributed by atoms with E-state index >= 15 is 0 Å². The van der Waals surface area contributed by atoms with Crippen LogP contribution in [0.4, 0.5) is 4.79 Å². The summed E-state index contributed by atoms with van der Waals surface area (Å²) in [7, 11) is 0. The summed E-state index contributed by atoms with van der Waals surface area (Å²) in [6.07, 6.45) is 1.45. The molecule has 7 heteroatoms. The van der Waals surface area contributed by atoms with Crippen LogP contribution < -0.4 is 10.6 Å². The lowest BCUT2D eigenvalue weighted by Gasteiger charge is -2.13. The van der Waals surface area contributed by atoms with Gasteiger partial charge in [0.15, 0.2) is 0 Å². The topological polar surface area (TPSA) is 108 Å². The molecule has 1 aliphatic rings. The molecule has 0 aromatic heterocycles. The van der Waals surface area contributed by atoms with Gasteiger partial charge in [-0.2, -0.15) is 0 Å². The van der Waals surface area contributed by atoms with Crippen molar-refractivity contribution in [1.29, 1.82) is 0 Å². The molecule has 0 saturated carbocycles. The van der Waals surface area contributed by atoms with E-state index in [0.29, 0.717) is 13.1 Å². The van der Waals surface area contributed by atoms with E-state index in [1.54, 1.807) is 12.1 Å². The first-order chi connectivity index (χ1) is 10.6. The molecule has 1 aromatic carbocycles. The summed E-state index contributed by atoms with van der Waals surface area (Å²) in [4.78, 5) is 22.4. The van der Waals surface area contributed by atoms with Crippen molar-refractivity contribution >= 4 is 12.0 Å². The van der Waals surface area contributed by atoms with Crippen molar-refractivity contribution in [2.75, 3.05) is 13.2 Å². The van der Waals surface area contributed by atoms with Gasteiger partial charge >= 0.3 is 12.0 Å². The summed E-state index contributed by atoms with van der Waals surface area (Å²) in [5.41, 5.74) is 1.03. The van der Waals surface area contributed by atoms with Gasteiger partial charge < -0.3 is 25.6 Å². The Kier molecular flexibility index (Phi) is 5.74. The largest absolute Gasteiger partial charge is 0.478 e. The number of aliphatic hydroxyl groups is 1. The number of hydrogen-bond acceptors (Lipinski definition) is 4. The molecule has 1 fully saturated rings. The quantitative estimate of drug-likeness (QED) is 0.619. The molecule has 7 nitrogen and oxygen atoms in total. The number of carbonyl (C=O) groups excluding carboxylic acids is 1. The summed E-state index contributed by atoms with van der Waals surface area (Å²) in [6, 6.07) is 6.01. The molecule has 1 saturated heterocycles. The lowest BCUT2D eigenvalue weighted by molar-refractivity contribution is 0.0134. The highest BCUT2D eigenvalue weighted by atomic mass is 16.5. The molecule has 1 aromatic rings. The summed E-state index contributed by atoms with van der Waals surface area (Å²) in [5, 5.41) is 23.2. The maximum absolute atomic E-state index is 11.7. The molecule has 1 aliphatic heterocycles. The van der Waals surface area contributed by atoms with E-state index in [9.17, 15) is 9.59 Å². The van der Waals surface area contributed by atoms with Crippen LogP contribution in [0.2, 0.25) is 0 Å². The van der Waals surface area contributed by atoms with E-state index < -0.39 is 5.97 Å². The predicted molar refractivity (Wildman–Crippen MR) is 78.6 cm³/mol. The fourth-order valence-corrected chi connectivity index (χ4v) is 2.28. The Morgan fingerprint density at radius 3 is 2.41 bits per heavy atom. The molecule has 2 atom stereocenters. The minimum absolute atomic E-state index is 0.00896. The fourth-order valence-electron chi connectivity index (χ4n) is 2.28. The summed E-state index contributed by atoms with van der Waals surface area (Å²) in [6.45, 7) is 0.728. The van der Waals surface area contributed by atoms with Crippen LogP contribution in [0.25, 0.3) is 0 Å². The number of rotatable bonds is 6. The SMILES string of the molecule is O=C(NCc1ccc(C(=O)O)cc1)NC[C@H]1CC[C@@H](CO)O1. The Bertz CT molecular complexity index is 517. The molecule has 0 aliphatic carbocycles. The average Bonchev–Trinajstić information content (AvgIpc) is 2.99. The van der Waals surface area contributed by atoms with Gasteiger partial charge in [0.05, 0.1) is 24.4 Å². The van der Waals surface area contributed by atoms with Crippen molar-refractivity contribution in [3.8, 4) is 0 Å². The molecular formula is C15H20N2O5. The third-order valence-corrected chi connectivity index (χ3v) is 3.54. The van der Waals surface area contributed by atoms with Crippen molar-refractivity contribution in [1.82, 2.24) is 10.6 Å². The second-order valence-corrected chi connectivity index (χ2v) is 5.21. The first kappa shape index (κ1) is 16.3. The van der Waals surface area contributed by atoms with Gasteiger partial charge in [-0.25, -0.2) is 9.59 Å². The minimum atomic E-state index is -0.977. The van der Waals surface area contributed by atoms with Crippen LogP contribution in [0, 0.1) is 0 Å². The lowest BCUT2D eigenvalue weighted by Crippen LogP contribution is -2.39. The smallest absolute Gasteiger partial charge is 0.335 e. The van der Waals surface area contributed by atoms with Gasteiger partial charge in [0.25, 0.3) is 0 Å². The molecule has 22 heavy (non-hydrogen) atoms. The van der Waals surface area contributed by atoms with Gasteiger partial charge in [0.2, 0.25) is 0 Å². The summed E-state index contributed by atoms with van der Waals surface area (Å²) in [5.74, 6) is -0.977. The zero-order chi connectivity index (χ0) is 15.9. The Labute approximate surface area is 128 Å². The predicted octanol–water partition coefficient (Wildman–Crippen LogP) is 0.724. The van der Waals surface area contributed by atoms with Gasteiger partial charge in [-0.05, 0) is 30.5 Å². The first-order valence-corrected chi connectivity index (χ1v) is 7.18. The number of ether oxygens (including phenoxy) is 1. The number of carboxylic acid groups (broad SMARTS) is 1. The van der Waals surface area contributed by atoms with Crippen molar-refractivity contribution in [3.63, 3.8) is 0 Å². The fraction of sp³-hybridized carbons (Fsp3) is 0.467. The molecule has 2 rings (SSSR count). The van der Waals surface area contributed by atoms with Crippen LogP contribution in [-0.2, 0) is 11.3 Å². The van der Waals surface area contributed by atoms with Crippen LogP contribution in [0.5, 0.6) is 0 Å². The molecule has 120 valence electrons. The Balaban J connectivity index is 1.68. The maximum atomic E-state index is 11.7. The van der Waals surface area contributed by atoms with Gasteiger partial charge in [-0.3, -0.25) is 0 Å². The standard InChI is InChI=1S/C15H20N2O5/c18-9-13-6-5-12(22-13)8-17-15(21)16-7-10-1-3-11(4-2-10)14(19)20/h1-4,12-13,18H,5-9H2,(H,19,20)(H2,16,17,21)/t12-,13+/m1/s1. The number of amides is 2. The zero-order valence-electron chi connectivity index (χ0n) is 12.1. The van der Waals surface area contributed by atoms with E-state index in [1.165, 1.54) is 12.1 Å². The minimum Gasteiger partial charge on any atom is -0.478 e. The number of aliphatic hydroxyl groups excluding tert-OH is 1. The molecule has 4 N–H and O–H groups in total. The third kappa shape index (κ3) is 4.71. The molecular weight excluding hydrogens is 288 g/mol. The van der Waals surface area contributed by atoms with Crippen LogP contribution in [0.15, 0.2) is 24.3 Å². The Morgan fingerprint density at radius 1 is 1.14 bits per heavy atom. The number of carboxylic acids is 1. The van der Waals surface area contributed by atoms with E-state index in [0.717, 1.165) is 18.4 Å². The molecule has 0 spiro atoms. The van der Waals surface area contributed by atoms with E-state index in [4.69, 9.17) is 14.9 Å². The second-order valence-electron chi connectivity index (χ2n) is 5.21. The lowest BCUT2D eigenvalue weighted by atomic mass is 10.1. The monoisotopic (exact) mass is 308 g/mol. The van der Waals surface area contributed by atoms with Crippen LogP contribution in [0.1, 0.15) is 28.8 Å². The van der Waals surface area contributed by atoms with Crippen molar-refractivity contribution in [2.24, 2.45) is 0 Å². The number of carbonyl (C=O) groups is 2. The number of urea groups is 1. The van der Waals surface area contributed by atoms with E-state index in [2.05, 4.69) is 10.6 Å². The number of benzene rings is 1. The normalized spacial score (nSPS) is 20.6. The van der Waals surface area contributed by atoms with E-state index in [1.807, 2.05) is 0 Å². The summed E-state index contributed by atoms with van der Waals surface area (Å²) >= 11 is 0. The average molecular weight is 308 g/mol. The maximum Gasteiger partial charge on any atom is 0.335 e. The summed E-state index contributed by atoms with van der Waals surface area (Å²) < 4.78 is 5.51. The van der Waals surface area contributed by atoms with Crippen molar-refractivity contribution in [2.45, 2.75) is 31.6 Å². The zero-order valence-corrected chi connectivity index (χ0v) is 12.1.